The fourth-order valence-corrected chi connectivity index (χ4v) is 6.92. The summed E-state index contributed by atoms with van der Waals surface area (Å²) in [5.74, 6) is 0.781. The number of amides is 2. The average molecular weight is 719 g/mol. The molecule has 8 rings (SSSR count). The quantitative estimate of drug-likeness (QED) is 0.163. The first-order valence-corrected chi connectivity index (χ1v) is 18.2. The van der Waals surface area contributed by atoms with Crippen LogP contribution in [0.25, 0.3) is 44.3 Å². The summed E-state index contributed by atoms with van der Waals surface area (Å²) in [4.78, 5) is 37.5. The Kier molecular flexibility index (Phi) is 9.35. The molecule has 0 radical (unpaired) electrons. The molecule has 7 heteroatoms. The number of ether oxygens (including phenoxy) is 1. The van der Waals surface area contributed by atoms with Crippen molar-refractivity contribution in [2.75, 3.05) is 10.6 Å². The minimum atomic E-state index is -0.211. The third kappa shape index (κ3) is 7.15. The Labute approximate surface area is 319 Å². The molecule has 0 bridgehead atoms. The van der Waals surface area contributed by atoms with Gasteiger partial charge in [-0.25, -0.2) is 9.97 Å². The number of anilines is 2. The molecule has 0 atom stereocenters. The summed E-state index contributed by atoms with van der Waals surface area (Å²) in [7, 11) is 0. The summed E-state index contributed by atoms with van der Waals surface area (Å²) >= 11 is 0. The molecule has 0 fully saturated rings. The number of rotatable bonds is 8. The Morgan fingerprint density at radius 2 is 0.818 bits per heavy atom. The highest BCUT2D eigenvalue weighted by molar-refractivity contribution is 6.15. The molecular formula is C48H38N4O3. The summed E-state index contributed by atoms with van der Waals surface area (Å²) in [6, 6.07) is 46.3. The topological polar surface area (TPSA) is 93.2 Å². The second kappa shape index (κ2) is 14.7. The van der Waals surface area contributed by atoms with E-state index < -0.39 is 0 Å². The highest BCUT2D eigenvalue weighted by atomic mass is 16.5. The molecule has 8 aromatic rings. The highest BCUT2D eigenvalue weighted by Crippen LogP contribution is 2.33. The van der Waals surface area contributed by atoms with Gasteiger partial charge in [0.25, 0.3) is 11.8 Å². The van der Waals surface area contributed by atoms with E-state index in [-0.39, 0.29) is 11.8 Å². The predicted molar refractivity (Wildman–Crippen MR) is 222 cm³/mol. The summed E-state index contributed by atoms with van der Waals surface area (Å²) < 4.78 is 6.13. The van der Waals surface area contributed by atoms with Gasteiger partial charge in [-0.3, -0.25) is 9.59 Å². The molecular weight excluding hydrogens is 681 g/mol. The molecule has 55 heavy (non-hydrogen) atoms. The molecule has 2 aromatic heterocycles. The lowest BCUT2D eigenvalue weighted by molar-refractivity contribution is 0.101. The van der Waals surface area contributed by atoms with Gasteiger partial charge in [0.2, 0.25) is 0 Å². The Hall–Kier alpha value is -7.12. The fourth-order valence-electron chi connectivity index (χ4n) is 6.92. The Morgan fingerprint density at radius 3 is 1.20 bits per heavy atom. The van der Waals surface area contributed by atoms with Crippen molar-refractivity contribution >= 4 is 45.0 Å². The predicted octanol–water partition coefficient (Wildman–Crippen LogP) is 11.6. The zero-order chi connectivity index (χ0) is 38.1. The van der Waals surface area contributed by atoms with Gasteiger partial charge < -0.3 is 15.4 Å². The van der Waals surface area contributed by atoms with Crippen LogP contribution in [0.3, 0.4) is 0 Å². The standard InChI is InChI=1S/C48H38N4O3/c1-29-13-17-33(18-14-29)45-31(3)43(39-9-5-7-11-41(39)51-45)47(53)49-35-21-25-37(26-22-35)55-38-27-23-36(24-28-38)50-48(54)44-32(4)46(34-19-15-30(2)16-20-34)52-42-12-8-6-10-40(42)44/h5-28H,1-4H3,(H,49,53)(H,50,54). The fraction of sp³-hybridized carbons (Fsp3) is 0.0833. The van der Waals surface area contributed by atoms with Crippen LogP contribution in [0.2, 0.25) is 0 Å². The molecule has 0 unspecified atom stereocenters. The van der Waals surface area contributed by atoms with Crippen molar-refractivity contribution in [3.05, 3.63) is 179 Å². The molecule has 7 nitrogen and oxygen atoms in total. The molecule has 2 amide bonds. The van der Waals surface area contributed by atoms with Crippen LogP contribution in [0.15, 0.2) is 146 Å². The SMILES string of the molecule is Cc1ccc(-c2nc3ccccc3c(C(=O)Nc3ccc(Oc4ccc(NC(=O)c5c(C)c(-c6ccc(C)cc6)nc6ccccc56)cc4)cc3)c2C)cc1. The number of nitrogens with zero attached hydrogens (tertiary/aromatic N) is 2. The van der Waals surface area contributed by atoms with Crippen LogP contribution < -0.4 is 15.4 Å². The number of hydrogen-bond donors (Lipinski definition) is 2. The van der Waals surface area contributed by atoms with Crippen LogP contribution in [-0.2, 0) is 0 Å². The van der Waals surface area contributed by atoms with E-state index in [1.165, 1.54) is 0 Å². The summed E-state index contributed by atoms with van der Waals surface area (Å²) in [6.07, 6.45) is 0. The van der Waals surface area contributed by atoms with Gasteiger partial charge in [0.05, 0.1) is 33.5 Å². The van der Waals surface area contributed by atoms with Gasteiger partial charge in [-0.05, 0) is 99.5 Å². The Balaban J connectivity index is 0.970. The second-order valence-corrected chi connectivity index (χ2v) is 13.7. The maximum atomic E-state index is 13.8. The van der Waals surface area contributed by atoms with Crippen LogP contribution in [0.1, 0.15) is 43.0 Å². The number of para-hydroxylation sites is 2. The molecule has 0 saturated heterocycles. The van der Waals surface area contributed by atoms with E-state index in [1.54, 1.807) is 0 Å². The number of carbonyl (C=O) groups is 2. The molecule has 0 spiro atoms. The van der Waals surface area contributed by atoms with Crippen molar-refractivity contribution < 1.29 is 14.3 Å². The first-order valence-electron chi connectivity index (χ1n) is 18.2. The first-order chi connectivity index (χ1) is 26.7. The number of aromatic nitrogens is 2. The number of fused-ring (bicyclic) bond motifs is 2. The lowest BCUT2D eigenvalue weighted by Crippen LogP contribution is -2.15. The smallest absolute Gasteiger partial charge is 0.256 e. The van der Waals surface area contributed by atoms with Crippen molar-refractivity contribution in [3.63, 3.8) is 0 Å². The number of hydrogen-bond acceptors (Lipinski definition) is 5. The second-order valence-electron chi connectivity index (χ2n) is 13.7. The van der Waals surface area contributed by atoms with E-state index in [2.05, 4.69) is 34.9 Å². The van der Waals surface area contributed by atoms with Crippen LogP contribution >= 0.6 is 0 Å². The van der Waals surface area contributed by atoms with Gasteiger partial charge in [-0.2, -0.15) is 0 Å². The molecule has 2 N–H and O–H groups in total. The normalized spacial score (nSPS) is 11.1. The van der Waals surface area contributed by atoms with Crippen molar-refractivity contribution in [2.24, 2.45) is 0 Å². The summed E-state index contributed by atoms with van der Waals surface area (Å²) in [6.45, 7) is 7.99. The number of aryl methyl sites for hydroxylation is 2. The summed E-state index contributed by atoms with van der Waals surface area (Å²) in [5.41, 5.74) is 11.4. The largest absolute Gasteiger partial charge is 0.457 e. The van der Waals surface area contributed by atoms with E-state index in [4.69, 9.17) is 14.7 Å². The number of pyridine rings is 2. The molecule has 0 aliphatic heterocycles. The first kappa shape index (κ1) is 34.9. The molecule has 268 valence electrons. The lowest BCUT2D eigenvalue weighted by Gasteiger charge is -2.15. The highest BCUT2D eigenvalue weighted by Gasteiger charge is 2.21. The Bertz CT molecular complexity index is 2530. The maximum absolute atomic E-state index is 13.8. The minimum Gasteiger partial charge on any atom is -0.457 e. The third-order valence-electron chi connectivity index (χ3n) is 9.84. The van der Waals surface area contributed by atoms with Gasteiger partial charge in [0.1, 0.15) is 11.5 Å². The van der Waals surface area contributed by atoms with Gasteiger partial charge in [-0.15, -0.1) is 0 Å². The number of benzene rings is 6. The maximum Gasteiger partial charge on any atom is 0.256 e. The van der Waals surface area contributed by atoms with Gasteiger partial charge in [-0.1, -0.05) is 96.1 Å². The van der Waals surface area contributed by atoms with Crippen molar-refractivity contribution in [3.8, 4) is 34.0 Å². The number of carbonyl (C=O) groups excluding carboxylic acids is 2. The summed E-state index contributed by atoms with van der Waals surface area (Å²) in [5, 5.41) is 7.74. The van der Waals surface area contributed by atoms with Crippen LogP contribution in [0.4, 0.5) is 11.4 Å². The van der Waals surface area contributed by atoms with E-state index in [0.29, 0.717) is 34.0 Å². The van der Waals surface area contributed by atoms with E-state index in [9.17, 15) is 9.59 Å². The lowest BCUT2D eigenvalue weighted by atomic mass is 9.96. The van der Waals surface area contributed by atoms with Gasteiger partial charge >= 0.3 is 0 Å². The zero-order valence-electron chi connectivity index (χ0n) is 31.0. The van der Waals surface area contributed by atoms with Crippen LogP contribution in [0.5, 0.6) is 11.5 Å². The Morgan fingerprint density at radius 1 is 0.455 bits per heavy atom. The van der Waals surface area contributed by atoms with E-state index in [0.717, 1.165) is 66.6 Å². The minimum absolute atomic E-state index is 0.211. The van der Waals surface area contributed by atoms with Crippen molar-refractivity contribution in [2.45, 2.75) is 27.7 Å². The van der Waals surface area contributed by atoms with Gasteiger partial charge in [0, 0.05) is 33.3 Å². The van der Waals surface area contributed by atoms with Crippen molar-refractivity contribution in [1.82, 2.24) is 9.97 Å². The molecule has 0 aliphatic carbocycles. The molecule has 0 saturated carbocycles. The average Bonchev–Trinajstić information content (AvgIpc) is 3.19. The van der Waals surface area contributed by atoms with Crippen LogP contribution in [-0.4, -0.2) is 21.8 Å². The molecule has 0 aliphatic rings. The van der Waals surface area contributed by atoms with Gasteiger partial charge in [0.15, 0.2) is 0 Å². The van der Waals surface area contributed by atoms with E-state index in [1.807, 2.05) is 149 Å². The van der Waals surface area contributed by atoms with Crippen LogP contribution in [0, 0.1) is 27.7 Å². The molecule has 2 heterocycles. The molecule has 6 aromatic carbocycles. The van der Waals surface area contributed by atoms with E-state index >= 15 is 0 Å². The zero-order valence-corrected chi connectivity index (χ0v) is 31.0. The monoisotopic (exact) mass is 718 g/mol. The van der Waals surface area contributed by atoms with Crippen molar-refractivity contribution in [1.29, 1.82) is 0 Å². The number of nitrogens with one attached hydrogen (secondary N) is 2. The third-order valence-corrected chi connectivity index (χ3v) is 9.84.